The lowest BCUT2D eigenvalue weighted by Gasteiger charge is -2.23. The summed E-state index contributed by atoms with van der Waals surface area (Å²) in [6.07, 6.45) is 3.45. The third kappa shape index (κ3) is 3.06. The van der Waals surface area contributed by atoms with Gasteiger partial charge < -0.3 is 9.73 Å². The molecule has 1 unspecified atom stereocenters. The fourth-order valence-electron chi connectivity index (χ4n) is 2.62. The van der Waals surface area contributed by atoms with E-state index in [-0.39, 0.29) is 5.09 Å². The van der Waals surface area contributed by atoms with Gasteiger partial charge >= 0.3 is 0 Å². The van der Waals surface area contributed by atoms with Gasteiger partial charge in [-0.05, 0) is 55.5 Å². The zero-order valence-corrected chi connectivity index (χ0v) is 13.4. The van der Waals surface area contributed by atoms with Crippen LogP contribution in [0.4, 0.5) is 0 Å². The summed E-state index contributed by atoms with van der Waals surface area (Å²) < 4.78 is 30.9. The largest absolute Gasteiger partial charge is 0.447 e. The van der Waals surface area contributed by atoms with E-state index in [1.807, 2.05) is 11.3 Å². The Morgan fingerprint density at radius 1 is 1.38 bits per heavy atom. The van der Waals surface area contributed by atoms with Crippen molar-refractivity contribution >= 4 is 21.4 Å². The molecule has 0 fully saturated rings. The first-order valence-electron chi connectivity index (χ1n) is 6.92. The van der Waals surface area contributed by atoms with Crippen LogP contribution in [0.5, 0.6) is 0 Å². The summed E-state index contributed by atoms with van der Waals surface area (Å²) in [5.74, 6) is 0.631. The number of rotatable bonds is 5. The van der Waals surface area contributed by atoms with Crippen molar-refractivity contribution in [1.82, 2.24) is 10.0 Å². The molecule has 2 heterocycles. The van der Waals surface area contributed by atoms with Crippen LogP contribution in [0.3, 0.4) is 0 Å². The van der Waals surface area contributed by atoms with Gasteiger partial charge in [-0.25, -0.2) is 13.1 Å². The van der Waals surface area contributed by atoms with Crippen LogP contribution in [-0.2, 0) is 23.0 Å². The number of hydrogen-bond donors (Lipinski definition) is 2. The third-order valence-electron chi connectivity index (χ3n) is 3.75. The van der Waals surface area contributed by atoms with E-state index in [1.165, 1.54) is 30.0 Å². The van der Waals surface area contributed by atoms with Crippen LogP contribution in [0, 0.1) is 0 Å². The summed E-state index contributed by atoms with van der Waals surface area (Å²) in [4.78, 5) is 1.46. The van der Waals surface area contributed by atoms with E-state index < -0.39 is 10.0 Å². The number of hydrogen-bond acceptors (Lipinski definition) is 5. The van der Waals surface area contributed by atoms with Gasteiger partial charge in [0.25, 0.3) is 10.0 Å². The molecule has 1 atom stereocenters. The van der Waals surface area contributed by atoms with Gasteiger partial charge in [0.15, 0.2) is 0 Å². The Morgan fingerprint density at radius 2 is 2.24 bits per heavy atom. The Bertz CT molecular complexity index is 718. The highest BCUT2D eigenvalue weighted by molar-refractivity contribution is 7.89. The molecule has 0 saturated heterocycles. The maximum Gasteiger partial charge on any atom is 0.273 e. The summed E-state index contributed by atoms with van der Waals surface area (Å²) in [5.41, 5.74) is 1.38. The van der Waals surface area contributed by atoms with E-state index in [2.05, 4.69) is 21.5 Å². The van der Waals surface area contributed by atoms with Crippen LogP contribution < -0.4 is 10.0 Å². The minimum absolute atomic E-state index is 0.0401. The molecule has 2 aromatic rings. The second-order valence-corrected chi connectivity index (χ2v) is 7.87. The van der Waals surface area contributed by atoms with E-state index in [0.717, 1.165) is 12.8 Å². The van der Waals surface area contributed by atoms with Crippen molar-refractivity contribution in [2.75, 3.05) is 7.05 Å². The summed E-state index contributed by atoms with van der Waals surface area (Å²) in [5, 5.41) is 5.55. The molecular formula is C14H18N2O3S2. The van der Waals surface area contributed by atoms with Crippen molar-refractivity contribution in [3.8, 4) is 0 Å². The predicted molar refractivity (Wildman–Crippen MR) is 81.8 cm³/mol. The standard InChI is InChI=1S/C14H18N2O3S2/c1-15-21(17,18)14-6-5-10(19-14)9-16-12-3-2-4-13-11(12)7-8-20-13/h5-8,12,15-16H,2-4,9H2,1H3. The summed E-state index contributed by atoms with van der Waals surface area (Å²) in [7, 11) is -2.13. The molecule has 0 aromatic carbocycles. The van der Waals surface area contributed by atoms with Gasteiger partial charge in [0.2, 0.25) is 5.09 Å². The van der Waals surface area contributed by atoms with Gasteiger partial charge in [-0.2, -0.15) is 0 Å². The second-order valence-electron chi connectivity index (χ2n) is 5.05. The minimum atomic E-state index is -3.50. The highest BCUT2D eigenvalue weighted by atomic mass is 32.2. The molecule has 1 aliphatic carbocycles. The van der Waals surface area contributed by atoms with Gasteiger partial charge in [0, 0.05) is 10.9 Å². The lowest BCUT2D eigenvalue weighted by molar-refractivity contribution is 0.377. The monoisotopic (exact) mass is 326 g/mol. The topological polar surface area (TPSA) is 71.3 Å². The summed E-state index contributed by atoms with van der Waals surface area (Å²) >= 11 is 1.81. The number of thiophene rings is 1. The van der Waals surface area contributed by atoms with Crippen molar-refractivity contribution in [2.24, 2.45) is 0 Å². The number of sulfonamides is 1. The Kier molecular flexibility index (Phi) is 4.17. The molecule has 21 heavy (non-hydrogen) atoms. The Morgan fingerprint density at radius 3 is 3.05 bits per heavy atom. The van der Waals surface area contributed by atoms with Gasteiger partial charge in [-0.15, -0.1) is 11.3 Å². The molecule has 1 aliphatic rings. The molecule has 0 radical (unpaired) electrons. The summed E-state index contributed by atoms with van der Waals surface area (Å²) in [6, 6.07) is 5.69. The molecule has 3 rings (SSSR count). The van der Waals surface area contributed by atoms with Crippen LogP contribution in [0.2, 0.25) is 0 Å². The molecular weight excluding hydrogens is 308 g/mol. The smallest absolute Gasteiger partial charge is 0.273 e. The van der Waals surface area contributed by atoms with Crippen molar-refractivity contribution in [3.05, 3.63) is 39.8 Å². The number of nitrogens with one attached hydrogen (secondary N) is 2. The van der Waals surface area contributed by atoms with Crippen molar-refractivity contribution in [2.45, 2.75) is 36.9 Å². The zero-order chi connectivity index (χ0) is 14.9. The average molecular weight is 326 g/mol. The minimum Gasteiger partial charge on any atom is -0.447 e. The van der Waals surface area contributed by atoms with Gasteiger partial charge in [0.05, 0.1) is 6.54 Å². The Balaban J connectivity index is 1.67. The maximum atomic E-state index is 11.6. The van der Waals surface area contributed by atoms with E-state index >= 15 is 0 Å². The van der Waals surface area contributed by atoms with Crippen LogP contribution in [-0.4, -0.2) is 15.5 Å². The van der Waals surface area contributed by atoms with E-state index in [1.54, 1.807) is 6.07 Å². The van der Waals surface area contributed by atoms with Crippen molar-refractivity contribution < 1.29 is 12.8 Å². The van der Waals surface area contributed by atoms with E-state index in [4.69, 9.17) is 4.42 Å². The number of fused-ring (bicyclic) bond motifs is 1. The Labute approximate surface area is 128 Å². The fourth-order valence-corrected chi connectivity index (χ4v) is 4.27. The number of furan rings is 1. The molecule has 2 aromatic heterocycles. The van der Waals surface area contributed by atoms with Crippen LogP contribution in [0.15, 0.2) is 33.1 Å². The molecule has 114 valence electrons. The average Bonchev–Trinajstić information content (AvgIpc) is 3.14. The van der Waals surface area contributed by atoms with Crippen LogP contribution in [0.25, 0.3) is 0 Å². The first-order valence-corrected chi connectivity index (χ1v) is 9.28. The fraction of sp³-hybridized carbons (Fsp3) is 0.429. The maximum absolute atomic E-state index is 11.6. The highest BCUT2D eigenvalue weighted by Gasteiger charge is 2.21. The predicted octanol–water partition coefficient (Wildman–Crippen LogP) is 2.42. The van der Waals surface area contributed by atoms with E-state index in [0.29, 0.717) is 18.3 Å². The lowest BCUT2D eigenvalue weighted by Crippen LogP contribution is -2.23. The molecule has 2 N–H and O–H groups in total. The SMILES string of the molecule is CNS(=O)(=O)c1ccc(CNC2CCCc3sccc32)o1. The molecule has 5 nitrogen and oxygen atoms in total. The zero-order valence-electron chi connectivity index (χ0n) is 11.8. The number of aryl methyl sites for hydroxylation is 1. The van der Waals surface area contributed by atoms with Gasteiger partial charge in [-0.1, -0.05) is 0 Å². The summed E-state index contributed by atoms with van der Waals surface area (Å²) in [6.45, 7) is 0.527. The third-order valence-corrected chi connectivity index (χ3v) is 6.03. The quantitative estimate of drug-likeness (QED) is 0.885. The highest BCUT2D eigenvalue weighted by Crippen LogP contribution is 2.33. The van der Waals surface area contributed by atoms with Crippen LogP contribution in [0.1, 0.15) is 35.1 Å². The van der Waals surface area contributed by atoms with Crippen molar-refractivity contribution in [1.29, 1.82) is 0 Å². The Hall–Kier alpha value is -1.15. The lowest BCUT2D eigenvalue weighted by atomic mass is 9.94. The molecule has 0 bridgehead atoms. The normalized spacial score (nSPS) is 18.6. The van der Waals surface area contributed by atoms with Gasteiger partial charge in [0.1, 0.15) is 5.76 Å². The molecule has 0 saturated carbocycles. The first kappa shape index (κ1) is 14.8. The molecule has 0 aliphatic heterocycles. The molecule has 7 heteroatoms. The van der Waals surface area contributed by atoms with Crippen molar-refractivity contribution in [3.63, 3.8) is 0 Å². The van der Waals surface area contributed by atoms with Gasteiger partial charge in [-0.3, -0.25) is 0 Å². The van der Waals surface area contributed by atoms with E-state index in [9.17, 15) is 8.42 Å². The second kappa shape index (κ2) is 5.92. The molecule has 0 spiro atoms. The molecule has 0 amide bonds. The van der Waals surface area contributed by atoms with Crippen LogP contribution >= 0.6 is 11.3 Å². The first-order chi connectivity index (χ1) is 10.1.